The van der Waals surface area contributed by atoms with Crippen LogP contribution in [0.1, 0.15) is 24.5 Å². The third-order valence-electron chi connectivity index (χ3n) is 5.26. The fourth-order valence-corrected chi connectivity index (χ4v) is 3.55. The zero-order valence-electron chi connectivity index (χ0n) is 16.4. The van der Waals surface area contributed by atoms with Crippen LogP contribution >= 0.6 is 0 Å². The van der Waals surface area contributed by atoms with E-state index in [4.69, 9.17) is 4.74 Å². The number of aryl methyl sites for hydroxylation is 1. The largest absolute Gasteiger partial charge is 0.479 e. The van der Waals surface area contributed by atoms with Crippen LogP contribution in [0.4, 0.5) is 11.4 Å². The van der Waals surface area contributed by atoms with Crippen LogP contribution in [0.3, 0.4) is 0 Å². The van der Waals surface area contributed by atoms with Gasteiger partial charge in [0.25, 0.3) is 5.91 Å². The number of hydrogen-bond donors (Lipinski definition) is 2. The van der Waals surface area contributed by atoms with E-state index in [0.29, 0.717) is 30.2 Å². The number of likely N-dealkylation sites (tertiary alicyclic amines) is 1. The summed E-state index contributed by atoms with van der Waals surface area (Å²) in [6.07, 6.45) is -0.355. The molecule has 0 radical (unpaired) electrons. The van der Waals surface area contributed by atoms with Crippen molar-refractivity contribution in [1.29, 1.82) is 0 Å². The summed E-state index contributed by atoms with van der Waals surface area (Å²) in [6.45, 7) is 4.58. The molecule has 2 aliphatic heterocycles. The molecule has 2 aromatic carbocycles. The Hall–Kier alpha value is -3.35. The molecule has 0 aromatic heterocycles. The maximum Gasteiger partial charge on any atom is 0.265 e. The Morgan fingerprint density at radius 1 is 1.21 bits per heavy atom. The smallest absolute Gasteiger partial charge is 0.265 e. The minimum absolute atomic E-state index is 0.0224. The average Bonchev–Trinajstić information content (AvgIpc) is 3.05. The van der Waals surface area contributed by atoms with Crippen molar-refractivity contribution in [2.24, 2.45) is 5.92 Å². The fourth-order valence-electron chi connectivity index (χ4n) is 3.55. The molecule has 2 aromatic rings. The third kappa shape index (κ3) is 4.08. The van der Waals surface area contributed by atoms with E-state index < -0.39 is 12.0 Å². The summed E-state index contributed by atoms with van der Waals surface area (Å²) in [5.41, 5.74) is 3.29. The summed E-state index contributed by atoms with van der Waals surface area (Å²) < 4.78 is 5.52. The molecule has 1 saturated heterocycles. The Labute approximate surface area is 169 Å². The molecule has 150 valence electrons. The highest BCUT2D eigenvalue weighted by molar-refractivity contribution is 6.00. The van der Waals surface area contributed by atoms with E-state index in [-0.39, 0.29) is 24.1 Å². The van der Waals surface area contributed by atoms with Crippen molar-refractivity contribution in [2.75, 3.05) is 17.2 Å². The van der Waals surface area contributed by atoms with Gasteiger partial charge in [-0.15, -0.1) is 0 Å². The molecule has 2 atom stereocenters. The van der Waals surface area contributed by atoms with E-state index in [1.165, 1.54) is 5.56 Å². The van der Waals surface area contributed by atoms with E-state index in [2.05, 4.69) is 10.6 Å². The first-order chi connectivity index (χ1) is 13.9. The number of nitrogens with zero attached hydrogens (tertiary/aromatic N) is 1. The number of carbonyl (C=O) groups is 3. The highest BCUT2D eigenvalue weighted by atomic mass is 16.5. The van der Waals surface area contributed by atoms with Crippen molar-refractivity contribution < 1.29 is 19.1 Å². The highest BCUT2D eigenvalue weighted by Crippen LogP contribution is 2.32. The Morgan fingerprint density at radius 2 is 1.97 bits per heavy atom. The van der Waals surface area contributed by atoms with Crippen LogP contribution in [0.2, 0.25) is 0 Å². The van der Waals surface area contributed by atoms with Gasteiger partial charge in [0.2, 0.25) is 11.8 Å². The van der Waals surface area contributed by atoms with Crippen LogP contribution in [0.5, 0.6) is 5.75 Å². The van der Waals surface area contributed by atoms with Gasteiger partial charge in [-0.3, -0.25) is 14.4 Å². The van der Waals surface area contributed by atoms with Crippen molar-refractivity contribution >= 4 is 29.1 Å². The number of nitrogens with one attached hydrogen (secondary N) is 2. The van der Waals surface area contributed by atoms with E-state index in [0.717, 1.165) is 5.56 Å². The van der Waals surface area contributed by atoms with Crippen LogP contribution in [-0.4, -0.2) is 35.3 Å². The molecule has 7 nitrogen and oxygen atoms in total. The number of benzene rings is 2. The maximum atomic E-state index is 12.7. The average molecular weight is 393 g/mol. The minimum atomic E-state index is -0.549. The normalized spacial score (nSPS) is 20.7. The Balaban J connectivity index is 1.39. The predicted molar refractivity (Wildman–Crippen MR) is 108 cm³/mol. The predicted octanol–water partition coefficient (Wildman–Crippen LogP) is 2.70. The topological polar surface area (TPSA) is 87.7 Å². The third-order valence-corrected chi connectivity index (χ3v) is 5.26. The molecule has 2 aliphatic rings. The van der Waals surface area contributed by atoms with E-state index in [1.54, 1.807) is 30.0 Å². The lowest BCUT2D eigenvalue weighted by Crippen LogP contribution is -2.34. The van der Waals surface area contributed by atoms with Gasteiger partial charge in [-0.1, -0.05) is 29.8 Å². The second kappa shape index (κ2) is 7.58. The van der Waals surface area contributed by atoms with Gasteiger partial charge in [0.05, 0.1) is 11.6 Å². The van der Waals surface area contributed by atoms with Gasteiger partial charge in [-0.2, -0.15) is 0 Å². The summed E-state index contributed by atoms with van der Waals surface area (Å²) >= 11 is 0. The maximum absolute atomic E-state index is 12.7. The second-order valence-corrected chi connectivity index (χ2v) is 7.61. The quantitative estimate of drug-likeness (QED) is 0.836. The van der Waals surface area contributed by atoms with Crippen molar-refractivity contribution in [1.82, 2.24) is 4.90 Å². The molecule has 1 fully saturated rings. The Bertz CT molecular complexity index is 971. The molecule has 0 bridgehead atoms. The zero-order chi connectivity index (χ0) is 20.5. The monoisotopic (exact) mass is 393 g/mol. The van der Waals surface area contributed by atoms with Gasteiger partial charge in [-0.05, 0) is 37.6 Å². The molecule has 0 saturated carbocycles. The van der Waals surface area contributed by atoms with Crippen LogP contribution < -0.4 is 15.4 Å². The lowest BCUT2D eigenvalue weighted by Gasteiger charge is -2.24. The lowest BCUT2D eigenvalue weighted by molar-refractivity contribution is -0.128. The van der Waals surface area contributed by atoms with E-state index in [1.807, 2.05) is 31.2 Å². The summed E-state index contributed by atoms with van der Waals surface area (Å²) in [5, 5.41) is 5.61. The lowest BCUT2D eigenvalue weighted by atomic mass is 10.1. The first-order valence-corrected chi connectivity index (χ1v) is 9.65. The zero-order valence-corrected chi connectivity index (χ0v) is 16.4. The Kier molecular flexibility index (Phi) is 4.96. The fraction of sp³-hybridized carbons (Fsp3) is 0.318. The number of rotatable bonds is 4. The summed E-state index contributed by atoms with van der Waals surface area (Å²) in [6, 6.07) is 13.1. The molecule has 2 N–H and O–H groups in total. The molecular weight excluding hydrogens is 370 g/mol. The van der Waals surface area contributed by atoms with Gasteiger partial charge in [-0.25, -0.2) is 0 Å². The number of amides is 3. The van der Waals surface area contributed by atoms with Crippen LogP contribution in [-0.2, 0) is 20.9 Å². The van der Waals surface area contributed by atoms with Crippen molar-refractivity contribution in [3.05, 3.63) is 53.6 Å². The minimum Gasteiger partial charge on any atom is -0.479 e. The van der Waals surface area contributed by atoms with Crippen molar-refractivity contribution in [3.63, 3.8) is 0 Å². The van der Waals surface area contributed by atoms with Crippen molar-refractivity contribution in [2.45, 2.75) is 32.9 Å². The molecule has 7 heteroatoms. The van der Waals surface area contributed by atoms with Gasteiger partial charge < -0.3 is 20.3 Å². The number of hydrogen-bond acceptors (Lipinski definition) is 4. The van der Waals surface area contributed by atoms with E-state index in [9.17, 15) is 14.4 Å². The summed E-state index contributed by atoms with van der Waals surface area (Å²) in [7, 11) is 0. The molecular formula is C22H23N3O4. The highest BCUT2D eigenvalue weighted by Gasteiger charge is 2.34. The number of carbonyl (C=O) groups excluding carboxylic acids is 3. The number of ether oxygens (including phenoxy) is 1. The van der Waals surface area contributed by atoms with Crippen LogP contribution in [0.15, 0.2) is 42.5 Å². The number of fused-ring (bicyclic) bond motifs is 1. The number of anilines is 2. The Morgan fingerprint density at radius 3 is 2.72 bits per heavy atom. The molecule has 4 rings (SSSR count). The molecule has 29 heavy (non-hydrogen) atoms. The van der Waals surface area contributed by atoms with Gasteiger partial charge in [0.15, 0.2) is 6.10 Å². The summed E-state index contributed by atoms with van der Waals surface area (Å²) in [4.78, 5) is 38.5. The van der Waals surface area contributed by atoms with Gasteiger partial charge >= 0.3 is 0 Å². The van der Waals surface area contributed by atoms with Gasteiger partial charge in [0.1, 0.15) is 5.75 Å². The van der Waals surface area contributed by atoms with Crippen molar-refractivity contribution in [3.8, 4) is 5.75 Å². The summed E-state index contributed by atoms with van der Waals surface area (Å²) in [5.74, 6) is -0.300. The van der Waals surface area contributed by atoms with Gasteiger partial charge in [0, 0.05) is 25.2 Å². The molecule has 3 amide bonds. The van der Waals surface area contributed by atoms with Crippen LogP contribution in [0, 0.1) is 12.8 Å². The molecule has 0 spiro atoms. The standard InChI is InChI=1S/C22H23N3O4/c1-13-3-5-15(6-4-13)11-25-12-16(9-20(25)26)22(28)23-17-7-8-19-18(10-17)24-21(27)14(2)29-19/h3-8,10,14,16H,9,11-12H2,1-2H3,(H,23,28)(H,24,27)/t14-,16+/m1/s1. The molecule has 2 heterocycles. The first-order valence-electron chi connectivity index (χ1n) is 9.65. The SMILES string of the molecule is Cc1ccc(CN2C[C@@H](C(=O)Nc3ccc4c(c3)NC(=O)[C@@H](C)O4)CC2=O)cc1. The molecule has 0 aliphatic carbocycles. The van der Waals surface area contributed by atoms with Crippen LogP contribution in [0.25, 0.3) is 0 Å². The second-order valence-electron chi connectivity index (χ2n) is 7.61. The van der Waals surface area contributed by atoms with E-state index >= 15 is 0 Å². The molecule has 0 unspecified atom stereocenters. The first kappa shape index (κ1) is 19.0.